The summed E-state index contributed by atoms with van der Waals surface area (Å²) < 4.78 is 5.45. The van der Waals surface area contributed by atoms with Crippen molar-refractivity contribution in [2.24, 2.45) is 10.1 Å². The number of guanidine groups is 1. The van der Waals surface area contributed by atoms with Crippen molar-refractivity contribution < 1.29 is 9.53 Å². The van der Waals surface area contributed by atoms with Crippen LogP contribution in [0.1, 0.15) is 6.92 Å². The summed E-state index contributed by atoms with van der Waals surface area (Å²) in [6.07, 6.45) is -0.707. The quantitative estimate of drug-likeness (QED) is 0.498. The van der Waals surface area contributed by atoms with E-state index in [0.29, 0.717) is 10.8 Å². The molecule has 0 aliphatic carbocycles. The van der Waals surface area contributed by atoms with E-state index < -0.39 is 6.10 Å². The van der Waals surface area contributed by atoms with Crippen LogP contribution in [0, 0.1) is 0 Å². The lowest BCUT2D eigenvalue weighted by Crippen LogP contribution is -2.44. The van der Waals surface area contributed by atoms with E-state index in [1.165, 1.54) is 7.05 Å². The van der Waals surface area contributed by atoms with Gasteiger partial charge in [0.25, 0.3) is 5.91 Å². The number of hydrogen-bond acceptors (Lipinski definition) is 4. The monoisotopic (exact) mass is 282 g/mol. The maximum absolute atomic E-state index is 11.8. The Morgan fingerprint density at radius 1 is 1.53 bits per heavy atom. The van der Waals surface area contributed by atoms with Crippen molar-refractivity contribution >= 4 is 30.2 Å². The molecule has 1 unspecified atom stereocenters. The van der Waals surface area contributed by atoms with Crippen LogP contribution in [0.5, 0.6) is 5.75 Å². The van der Waals surface area contributed by atoms with Crippen LogP contribution in [0.2, 0.25) is 5.02 Å². The summed E-state index contributed by atoms with van der Waals surface area (Å²) in [6.45, 7) is 4.85. The molecule has 1 atom stereocenters. The van der Waals surface area contributed by atoms with Gasteiger partial charge in [0.15, 0.2) is 6.10 Å². The lowest BCUT2D eigenvalue weighted by atomic mass is 10.3. The highest BCUT2D eigenvalue weighted by molar-refractivity contribution is 6.30. The first-order chi connectivity index (χ1) is 9.06. The Hall–Kier alpha value is -2.08. The molecule has 6 nitrogen and oxygen atoms in total. The summed E-state index contributed by atoms with van der Waals surface area (Å²) in [4.78, 5) is 15.6. The second-order valence-electron chi connectivity index (χ2n) is 3.55. The van der Waals surface area contributed by atoms with E-state index in [1.807, 2.05) is 0 Å². The summed E-state index contributed by atoms with van der Waals surface area (Å²) in [5.41, 5.74) is 2.45. The van der Waals surface area contributed by atoms with Crippen molar-refractivity contribution in [3.05, 3.63) is 29.3 Å². The molecule has 0 aliphatic rings. The van der Waals surface area contributed by atoms with Gasteiger partial charge in [-0.15, -0.1) is 0 Å². The number of carbonyl (C=O) groups excluding carboxylic acids is 1. The van der Waals surface area contributed by atoms with Crippen LogP contribution in [-0.4, -0.2) is 31.7 Å². The minimum atomic E-state index is -0.707. The molecule has 0 saturated carbocycles. The lowest BCUT2D eigenvalue weighted by Gasteiger charge is -2.15. The molecule has 0 spiro atoms. The Morgan fingerprint density at radius 3 is 2.84 bits per heavy atom. The Bertz CT molecular complexity index is 490. The number of hydrazone groups is 1. The standard InChI is InChI=1S/C12H15ClN4O2/c1-8(11(18)16-12(14-2)17-15-3)19-10-6-4-5-9(13)7-10/h4-8H,3H2,1-2H3,(H2,14,16,17,18). The smallest absolute Gasteiger partial charge is 0.267 e. The lowest BCUT2D eigenvalue weighted by molar-refractivity contribution is -0.125. The zero-order valence-electron chi connectivity index (χ0n) is 10.7. The van der Waals surface area contributed by atoms with Gasteiger partial charge in [-0.1, -0.05) is 17.7 Å². The summed E-state index contributed by atoms with van der Waals surface area (Å²) in [5, 5.41) is 6.46. The van der Waals surface area contributed by atoms with Crippen molar-refractivity contribution in [1.29, 1.82) is 0 Å². The van der Waals surface area contributed by atoms with Crippen LogP contribution in [0.25, 0.3) is 0 Å². The fourth-order valence-corrected chi connectivity index (χ4v) is 1.41. The summed E-state index contributed by atoms with van der Waals surface area (Å²) in [6, 6.07) is 6.81. The summed E-state index contributed by atoms with van der Waals surface area (Å²) in [5.74, 6) is 0.346. The second kappa shape index (κ2) is 7.38. The van der Waals surface area contributed by atoms with Crippen LogP contribution in [0.15, 0.2) is 34.4 Å². The van der Waals surface area contributed by atoms with Crippen molar-refractivity contribution in [3.8, 4) is 5.75 Å². The first-order valence-corrected chi connectivity index (χ1v) is 5.86. The number of halogens is 1. The predicted molar refractivity (Wildman–Crippen MR) is 75.7 cm³/mol. The minimum Gasteiger partial charge on any atom is -0.481 e. The molecule has 0 aromatic heterocycles. The second-order valence-corrected chi connectivity index (χ2v) is 3.99. The molecule has 0 saturated heterocycles. The fourth-order valence-electron chi connectivity index (χ4n) is 1.23. The number of carbonyl (C=O) groups is 1. The number of nitrogens with zero attached hydrogens (tertiary/aromatic N) is 2. The van der Waals surface area contributed by atoms with Crippen LogP contribution in [0.4, 0.5) is 0 Å². The van der Waals surface area contributed by atoms with Crippen LogP contribution >= 0.6 is 11.6 Å². The van der Waals surface area contributed by atoms with E-state index in [-0.39, 0.29) is 11.9 Å². The van der Waals surface area contributed by atoms with Gasteiger partial charge in [0.05, 0.1) is 0 Å². The molecule has 0 aliphatic heterocycles. The van der Waals surface area contributed by atoms with Crippen LogP contribution in [-0.2, 0) is 4.79 Å². The molecule has 0 fully saturated rings. The Balaban J connectivity index is 2.60. The van der Waals surface area contributed by atoms with E-state index in [2.05, 4.69) is 27.6 Å². The predicted octanol–water partition coefficient (Wildman–Crippen LogP) is 1.41. The minimum absolute atomic E-state index is 0.196. The van der Waals surface area contributed by atoms with Gasteiger partial charge < -0.3 is 4.74 Å². The number of nitrogens with one attached hydrogen (secondary N) is 2. The Labute approximate surface area is 116 Å². The molecule has 0 heterocycles. The molecular weight excluding hydrogens is 268 g/mol. The highest BCUT2D eigenvalue weighted by Crippen LogP contribution is 2.18. The highest BCUT2D eigenvalue weighted by Gasteiger charge is 2.16. The van der Waals surface area contributed by atoms with E-state index in [9.17, 15) is 4.79 Å². The Kier molecular flexibility index (Phi) is 5.81. The normalized spacial score (nSPS) is 12.5. The number of amides is 1. The maximum Gasteiger partial charge on any atom is 0.267 e. The molecule has 2 N–H and O–H groups in total. The number of aliphatic imine (C=N–C) groups is 1. The van der Waals surface area contributed by atoms with Crippen molar-refractivity contribution in [2.75, 3.05) is 7.05 Å². The maximum atomic E-state index is 11.8. The van der Waals surface area contributed by atoms with Crippen molar-refractivity contribution in [1.82, 2.24) is 10.7 Å². The number of rotatable bonds is 4. The largest absolute Gasteiger partial charge is 0.481 e. The zero-order chi connectivity index (χ0) is 14.3. The molecule has 7 heteroatoms. The topological polar surface area (TPSA) is 75.1 Å². The van der Waals surface area contributed by atoms with Gasteiger partial charge in [0.2, 0.25) is 5.96 Å². The van der Waals surface area contributed by atoms with E-state index >= 15 is 0 Å². The van der Waals surface area contributed by atoms with E-state index in [1.54, 1.807) is 31.2 Å². The fraction of sp³-hybridized carbons (Fsp3) is 0.250. The van der Waals surface area contributed by atoms with Gasteiger partial charge in [-0.05, 0) is 25.1 Å². The zero-order valence-corrected chi connectivity index (χ0v) is 11.4. The molecule has 1 rings (SSSR count). The first kappa shape index (κ1) is 15.0. The third kappa shape index (κ3) is 4.97. The molecule has 0 radical (unpaired) electrons. The van der Waals surface area contributed by atoms with Gasteiger partial charge in [-0.2, -0.15) is 5.10 Å². The van der Waals surface area contributed by atoms with E-state index in [0.717, 1.165) is 0 Å². The average Bonchev–Trinajstić information content (AvgIpc) is 2.38. The molecule has 19 heavy (non-hydrogen) atoms. The summed E-state index contributed by atoms with van der Waals surface area (Å²) >= 11 is 5.83. The molecule has 1 aromatic carbocycles. The highest BCUT2D eigenvalue weighted by atomic mass is 35.5. The van der Waals surface area contributed by atoms with Gasteiger partial charge in [0, 0.05) is 18.8 Å². The third-order valence-electron chi connectivity index (χ3n) is 2.13. The van der Waals surface area contributed by atoms with Crippen LogP contribution < -0.4 is 15.5 Å². The van der Waals surface area contributed by atoms with Crippen LogP contribution in [0.3, 0.4) is 0 Å². The molecular formula is C12H15ClN4O2. The van der Waals surface area contributed by atoms with Gasteiger partial charge in [0.1, 0.15) is 5.75 Å². The molecule has 1 amide bonds. The van der Waals surface area contributed by atoms with Gasteiger partial charge in [-0.3, -0.25) is 15.1 Å². The molecule has 102 valence electrons. The average molecular weight is 283 g/mol. The van der Waals surface area contributed by atoms with Gasteiger partial charge in [-0.25, -0.2) is 5.43 Å². The van der Waals surface area contributed by atoms with Crippen molar-refractivity contribution in [3.63, 3.8) is 0 Å². The number of ether oxygens (including phenoxy) is 1. The first-order valence-electron chi connectivity index (χ1n) is 5.48. The molecule has 1 aromatic rings. The van der Waals surface area contributed by atoms with Gasteiger partial charge >= 0.3 is 0 Å². The Morgan fingerprint density at radius 2 is 2.26 bits per heavy atom. The summed E-state index contributed by atoms with van der Waals surface area (Å²) in [7, 11) is 1.51. The van der Waals surface area contributed by atoms with Crippen molar-refractivity contribution in [2.45, 2.75) is 13.0 Å². The number of hydrogen-bond donors (Lipinski definition) is 2. The van der Waals surface area contributed by atoms with E-state index in [4.69, 9.17) is 16.3 Å². The SMILES string of the molecule is C=NNC(=NC)NC(=O)C(C)Oc1cccc(Cl)c1. The third-order valence-corrected chi connectivity index (χ3v) is 2.36. The number of benzene rings is 1. The molecule has 0 bridgehead atoms.